The average Bonchev–Trinajstić information content (AvgIpc) is 2.08. The lowest BCUT2D eigenvalue weighted by Crippen LogP contribution is -1.99. The van der Waals surface area contributed by atoms with Gasteiger partial charge in [-0.3, -0.25) is 4.79 Å². The van der Waals surface area contributed by atoms with Gasteiger partial charge in [0.2, 0.25) is 0 Å². The molecule has 1 aromatic rings. The van der Waals surface area contributed by atoms with Gasteiger partial charge in [0.25, 0.3) is 0 Å². The Bertz CT molecular complexity index is 309. The number of thiol groups is 1. The van der Waals surface area contributed by atoms with Crippen LogP contribution in [0.15, 0.2) is 23.1 Å². The highest BCUT2D eigenvalue weighted by molar-refractivity contribution is 7.80. The van der Waals surface area contributed by atoms with Crippen molar-refractivity contribution in [2.24, 2.45) is 0 Å². The predicted octanol–water partition coefficient (Wildman–Crippen LogP) is 2.71. The Morgan fingerprint density at radius 3 is 2.83 bits per heavy atom. The molecule has 1 rings (SSSR count). The van der Waals surface area contributed by atoms with Crippen LogP contribution < -0.4 is 0 Å². The van der Waals surface area contributed by atoms with Crippen LogP contribution in [0.4, 0.5) is 4.39 Å². The van der Waals surface area contributed by atoms with E-state index >= 15 is 0 Å². The summed E-state index contributed by atoms with van der Waals surface area (Å²) in [5.41, 5.74) is 0.362. The number of benzene rings is 1. The summed E-state index contributed by atoms with van der Waals surface area (Å²) in [6.45, 7) is 1.74. The summed E-state index contributed by atoms with van der Waals surface area (Å²) >= 11 is 3.91. The number of hydrogen-bond acceptors (Lipinski definition) is 2. The maximum Gasteiger partial charge on any atom is 0.163 e. The van der Waals surface area contributed by atoms with Crippen molar-refractivity contribution in [2.75, 3.05) is 0 Å². The second-order valence-electron chi connectivity index (χ2n) is 2.41. The third kappa shape index (κ3) is 1.67. The molecule has 0 radical (unpaired) electrons. The van der Waals surface area contributed by atoms with Gasteiger partial charge >= 0.3 is 0 Å². The van der Waals surface area contributed by atoms with Crippen LogP contribution in [0.2, 0.25) is 0 Å². The Balaban J connectivity index is 3.16. The van der Waals surface area contributed by atoms with Crippen LogP contribution in [0.3, 0.4) is 0 Å². The summed E-state index contributed by atoms with van der Waals surface area (Å²) in [5.74, 6) is -0.530. The highest BCUT2D eigenvalue weighted by atomic mass is 32.1. The number of carbonyl (C=O) groups is 1. The molecule has 12 heavy (non-hydrogen) atoms. The van der Waals surface area contributed by atoms with Crippen LogP contribution in [-0.4, -0.2) is 5.78 Å². The summed E-state index contributed by atoms with van der Waals surface area (Å²) in [7, 11) is 0. The highest BCUT2D eigenvalue weighted by Crippen LogP contribution is 2.18. The number of rotatable bonds is 2. The third-order valence-electron chi connectivity index (χ3n) is 1.61. The molecule has 64 valence electrons. The Hall–Kier alpha value is -0.830. The summed E-state index contributed by atoms with van der Waals surface area (Å²) in [5, 5.41) is 0. The molecule has 0 unspecified atom stereocenters. The smallest absolute Gasteiger partial charge is 0.163 e. The number of carbonyl (C=O) groups excluding carboxylic acids is 1. The molecule has 1 nitrogen and oxygen atoms in total. The van der Waals surface area contributed by atoms with Crippen molar-refractivity contribution < 1.29 is 9.18 Å². The molecule has 0 amide bonds. The SMILES string of the molecule is CCC(=O)c1cccc(F)c1S. The topological polar surface area (TPSA) is 17.1 Å². The molecule has 0 aliphatic heterocycles. The third-order valence-corrected chi connectivity index (χ3v) is 2.06. The van der Waals surface area contributed by atoms with Gasteiger partial charge in [-0.05, 0) is 6.07 Å². The Morgan fingerprint density at radius 2 is 2.25 bits per heavy atom. The largest absolute Gasteiger partial charge is 0.294 e. The number of hydrogen-bond donors (Lipinski definition) is 1. The van der Waals surface area contributed by atoms with Gasteiger partial charge < -0.3 is 0 Å². The van der Waals surface area contributed by atoms with E-state index in [1.807, 2.05) is 0 Å². The molecule has 0 fully saturated rings. The van der Waals surface area contributed by atoms with Crippen LogP contribution in [0.25, 0.3) is 0 Å². The van der Waals surface area contributed by atoms with Crippen molar-refractivity contribution in [3.63, 3.8) is 0 Å². The molecule has 0 aliphatic carbocycles. The van der Waals surface area contributed by atoms with Crippen LogP contribution in [0.5, 0.6) is 0 Å². The molecule has 0 bridgehead atoms. The van der Waals surface area contributed by atoms with Crippen LogP contribution in [0.1, 0.15) is 23.7 Å². The fraction of sp³-hybridized carbons (Fsp3) is 0.222. The minimum atomic E-state index is -0.447. The lowest BCUT2D eigenvalue weighted by molar-refractivity contribution is 0.0984. The highest BCUT2D eigenvalue weighted by Gasteiger charge is 2.09. The Morgan fingerprint density at radius 1 is 1.58 bits per heavy atom. The van der Waals surface area contributed by atoms with E-state index in [9.17, 15) is 9.18 Å². The first-order valence-corrected chi connectivity index (χ1v) is 4.12. The lowest BCUT2D eigenvalue weighted by atomic mass is 10.1. The van der Waals surface area contributed by atoms with Gasteiger partial charge in [-0.15, -0.1) is 12.6 Å². The maximum atomic E-state index is 12.8. The molecule has 0 saturated heterocycles. The van der Waals surface area contributed by atoms with Crippen LogP contribution >= 0.6 is 12.6 Å². The minimum absolute atomic E-state index is 0.0838. The summed E-state index contributed by atoms with van der Waals surface area (Å²) in [6.07, 6.45) is 0.372. The van der Waals surface area contributed by atoms with E-state index in [1.54, 1.807) is 13.0 Å². The lowest BCUT2D eigenvalue weighted by Gasteiger charge is -2.01. The van der Waals surface area contributed by atoms with E-state index < -0.39 is 5.82 Å². The Labute approximate surface area is 76.0 Å². The minimum Gasteiger partial charge on any atom is -0.294 e. The zero-order valence-electron chi connectivity index (χ0n) is 6.67. The molecule has 3 heteroatoms. The van der Waals surface area contributed by atoms with Gasteiger partial charge in [0, 0.05) is 12.0 Å². The molecule has 0 spiro atoms. The summed E-state index contributed by atoms with van der Waals surface area (Å²) < 4.78 is 12.8. The molecule has 0 atom stereocenters. The number of Topliss-reactive ketones (excluding diaryl/α,β-unsaturated/α-hetero) is 1. The standard InChI is InChI=1S/C9H9FOS/c1-2-8(11)6-4-3-5-7(10)9(6)12/h3-5,12H,2H2,1H3. The molecule has 1 aromatic carbocycles. The summed E-state index contributed by atoms with van der Waals surface area (Å²) in [6, 6.07) is 4.38. The fourth-order valence-corrected chi connectivity index (χ4v) is 1.20. The quantitative estimate of drug-likeness (QED) is 0.552. The normalized spacial score (nSPS) is 9.92. The summed E-state index contributed by atoms with van der Waals surface area (Å²) in [4.78, 5) is 11.3. The van der Waals surface area contributed by atoms with Crippen molar-refractivity contribution >= 4 is 18.4 Å². The molecule has 0 aromatic heterocycles. The van der Waals surface area contributed by atoms with E-state index in [2.05, 4.69) is 12.6 Å². The maximum absolute atomic E-state index is 12.8. The van der Waals surface area contributed by atoms with E-state index in [0.717, 1.165) is 0 Å². The van der Waals surface area contributed by atoms with E-state index in [0.29, 0.717) is 12.0 Å². The van der Waals surface area contributed by atoms with Crippen molar-refractivity contribution in [3.05, 3.63) is 29.6 Å². The molecule has 0 N–H and O–H groups in total. The first-order valence-electron chi connectivity index (χ1n) is 3.67. The van der Waals surface area contributed by atoms with Gasteiger partial charge in [-0.2, -0.15) is 0 Å². The van der Waals surface area contributed by atoms with Crippen LogP contribution in [0, 0.1) is 5.82 Å². The van der Waals surface area contributed by atoms with E-state index in [4.69, 9.17) is 0 Å². The van der Waals surface area contributed by atoms with Crippen molar-refractivity contribution in [2.45, 2.75) is 18.2 Å². The van der Waals surface area contributed by atoms with Crippen molar-refractivity contribution in [1.82, 2.24) is 0 Å². The van der Waals surface area contributed by atoms with Gasteiger partial charge in [0.1, 0.15) is 5.82 Å². The van der Waals surface area contributed by atoms with Crippen molar-refractivity contribution in [1.29, 1.82) is 0 Å². The Kier molecular flexibility index (Phi) is 2.87. The van der Waals surface area contributed by atoms with Gasteiger partial charge in [0.15, 0.2) is 5.78 Å². The first kappa shape index (κ1) is 9.26. The second-order valence-corrected chi connectivity index (χ2v) is 2.86. The van der Waals surface area contributed by atoms with Crippen LogP contribution in [-0.2, 0) is 0 Å². The molecular weight excluding hydrogens is 175 g/mol. The molecule has 0 saturated carbocycles. The zero-order chi connectivity index (χ0) is 9.14. The molecule has 0 heterocycles. The van der Waals surface area contributed by atoms with E-state index in [-0.39, 0.29) is 10.7 Å². The first-order chi connectivity index (χ1) is 5.66. The monoisotopic (exact) mass is 184 g/mol. The second kappa shape index (κ2) is 3.72. The molecular formula is C9H9FOS. The number of ketones is 1. The number of halogens is 1. The van der Waals surface area contributed by atoms with Gasteiger partial charge in [0.05, 0.1) is 4.90 Å². The zero-order valence-corrected chi connectivity index (χ0v) is 7.57. The fourth-order valence-electron chi connectivity index (χ4n) is 0.931. The molecule has 0 aliphatic rings. The van der Waals surface area contributed by atoms with E-state index in [1.165, 1.54) is 12.1 Å². The van der Waals surface area contributed by atoms with Gasteiger partial charge in [-0.25, -0.2) is 4.39 Å². The van der Waals surface area contributed by atoms with Crippen molar-refractivity contribution in [3.8, 4) is 0 Å². The van der Waals surface area contributed by atoms with Gasteiger partial charge in [-0.1, -0.05) is 19.1 Å². The predicted molar refractivity (Wildman–Crippen MR) is 48.3 cm³/mol. The average molecular weight is 184 g/mol.